The van der Waals surface area contributed by atoms with Crippen LogP contribution in [0.15, 0.2) is 47.1 Å². The van der Waals surface area contributed by atoms with Crippen molar-refractivity contribution in [2.45, 2.75) is 0 Å². The first-order valence-electron chi connectivity index (χ1n) is 7.22. The van der Waals surface area contributed by atoms with E-state index in [1.165, 1.54) is 7.11 Å². The normalized spacial score (nSPS) is 15.1. The molecular formula is C18H13ClINO4. The monoisotopic (exact) mass is 469 g/mol. The van der Waals surface area contributed by atoms with Crippen LogP contribution in [0.3, 0.4) is 0 Å². The Kier molecular flexibility index (Phi) is 5.29. The number of esters is 1. The van der Waals surface area contributed by atoms with Gasteiger partial charge in [-0.2, -0.15) is 0 Å². The Morgan fingerprint density at radius 3 is 2.72 bits per heavy atom. The maximum atomic E-state index is 12.2. The number of hydrogen-bond donors (Lipinski definition) is 0. The van der Waals surface area contributed by atoms with Crippen molar-refractivity contribution < 1.29 is 19.0 Å². The molecule has 0 aromatic heterocycles. The van der Waals surface area contributed by atoms with Crippen LogP contribution < -0.4 is 9.47 Å². The standard InChI is InChI=1S/C18H13ClINO4/c1-23-15-5-3-4-10(16(15)24-2)8-14-18(22)25-17(21-14)12-9-11(20)6-7-13(12)19/h3-9H,1-2H3. The summed E-state index contributed by atoms with van der Waals surface area (Å²) >= 11 is 8.34. The average molecular weight is 470 g/mol. The molecule has 0 spiro atoms. The van der Waals surface area contributed by atoms with Gasteiger partial charge in [-0.1, -0.05) is 23.7 Å². The molecule has 1 aliphatic rings. The molecule has 7 heteroatoms. The van der Waals surface area contributed by atoms with Crippen LogP contribution in [0.5, 0.6) is 11.5 Å². The van der Waals surface area contributed by atoms with E-state index >= 15 is 0 Å². The fourth-order valence-electron chi connectivity index (χ4n) is 2.36. The molecule has 0 aliphatic carbocycles. The number of para-hydroxylation sites is 1. The Labute approximate surface area is 163 Å². The van der Waals surface area contributed by atoms with Gasteiger partial charge in [0.1, 0.15) is 0 Å². The van der Waals surface area contributed by atoms with E-state index in [-0.39, 0.29) is 11.6 Å². The number of ether oxygens (including phenoxy) is 3. The highest BCUT2D eigenvalue weighted by Crippen LogP contribution is 2.33. The van der Waals surface area contributed by atoms with E-state index in [1.807, 2.05) is 12.1 Å². The van der Waals surface area contributed by atoms with Gasteiger partial charge in [-0.3, -0.25) is 0 Å². The lowest BCUT2D eigenvalue weighted by Crippen LogP contribution is -2.06. The van der Waals surface area contributed by atoms with Gasteiger partial charge in [0.05, 0.1) is 24.8 Å². The van der Waals surface area contributed by atoms with Gasteiger partial charge < -0.3 is 14.2 Å². The van der Waals surface area contributed by atoms with E-state index in [4.69, 9.17) is 25.8 Å². The molecule has 2 aromatic rings. The minimum atomic E-state index is -0.546. The second-order valence-electron chi connectivity index (χ2n) is 5.04. The molecular weight excluding hydrogens is 457 g/mol. The van der Waals surface area contributed by atoms with E-state index in [0.29, 0.717) is 27.6 Å². The van der Waals surface area contributed by atoms with Gasteiger partial charge in [0, 0.05) is 9.13 Å². The van der Waals surface area contributed by atoms with E-state index in [2.05, 4.69) is 27.6 Å². The summed E-state index contributed by atoms with van der Waals surface area (Å²) in [6.45, 7) is 0. The van der Waals surface area contributed by atoms with Crippen LogP contribution in [0.1, 0.15) is 11.1 Å². The number of carbonyl (C=O) groups is 1. The Hall–Kier alpha value is -2.06. The van der Waals surface area contributed by atoms with Crippen LogP contribution in [-0.2, 0) is 9.53 Å². The Balaban J connectivity index is 2.04. The van der Waals surface area contributed by atoms with Crippen molar-refractivity contribution >= 4 is 52.1 Å². The molecule has 0 unspecified atom stereocenters. The average Bonchev–Trinajstić information content (AvgIpc) is 2.97. The van der Waals surface area contributed by atoms with Crippen molar-refractivity contribution in [1.82, 2.24) is 0 Å². The number of nitrogens with zero attached hydrogens (tertiary/aromatic N) is 1. The predicted molar refractivity (Wildman–Crippen MR) is 104 cm³/mol. The largest absolute Gasteiger partial charge is 0.493 e. The van der Waals surface area contributed by atoms with Crippen LogP contribution in [0, 0.1) is 3.57 Å². The van der Waals surface area contributed by atoms with E-state index in [1.54, 1.807) is 37.5 Å². The van der Waals surface area contributed by atoms with Gasteiger partial charge in [-0.25, -0.2) is 9.79 Å². The molecule has 128 valence electrons. The number of hydrogen-bond acceptors (Lipinski definition) is 5. The Morgan fingerprint density at radius 1 is 1.20 bits per heavy atom. The molecule has 0 radical (unpaired) electrons. The molecule has 1 aliphatic heterocycles. The van der Waals surface area contributed by atoms with Gasteiger partial charge in [-0.05, 0) is 52.9 Å². The van der Waals surface area contributed by atoms with E-state index < -0.39 is 5.97 Å². The number of aliphatic imine (C=N–C) groups is 1. The summed E-state index contributed by atoms with van der Waals surface area (Å²) < 4.78 is 16.9. The molecule has 0 saturated carbocycles. The lowest BCUT2D eigenvalue weighted by atomic mass is 10.1. The topological polar surface area (TPSA) is 57.1 Å². The minimum absolute atomic E-state index is 0.163. The molecule has 0 atom stereocenters. The first kappa shape index (κ1) is 17.8. The minimum Gasteiger partial charge on any atom is -0.493 e. The summed E-state index contributed by atoms with van der Waals surface area (Å²) in [7, 11) is 3.08. The molecule has 1 heterocycles. The third-order valence-electron chi connectivity index (χ3n) is 3.50. The second kappa shape index (κ2) is 7.45. The summed E-state index contributed by atoms with van der Waals surface area (Å²) in [4.78, 5) is 16.5. The lowest BCUT2D eigenvalue weighted by Gasteiger charge is -2.09. The summed E-state index contributed by atoms with van der Waals surface area (Å²) in [6.07, 6.45) is 1.60. The lowest BCUT2D eigenvalue weighted by molar-refractivity contribution is -0.129. The number of rotatable bonds is 4. The van der Waals surface area contributed by atoms with Crippen LogP contribution in [-0.4, -0.2) is 26.1 Å². The fourth-order valence-corrected chi connectivity index (χ4v) is 3.05. The zero-order chi connectivity index (χ0) is 18.0. The van der Waals surface area contributed by atoms with E-state index in [9.17, 15) is 4.79 Å². The van der Waals surface area contributed by atoms with Gasteiger partial charge in [0.25, 0.3) is 0 Å². The molecule has 5 nitrogen and oxygen atoms in total. The quantitative estimate of drug-likeness (QED) is 0.380. The van der Waals surface area contributed by atoms with Crippen molar-refractivity contribution in [3.63, 3.8) is 0 Å². The maximum Gasteiger partial charge on any atom is 0.363 e. The van der Waals surface area contributed by atoms with Gasteiger partial charge in [0.2, 0.25) is 5.90 Å². The molecule has 0 bridgehead atoms. The summed E-state index contributed by atoms with van der Waals surface area (Å²) in [5.41, 5.74) is 1.40. The van der Waals surface area contributed by atoms with Gasteiger partial charge >= 0.3 is 5.97 Å². The third-order valence-corrected chi connectivity index (χ3v) is 4.51. The van der Waals surface area contributed by atoms with Crippen LogP contribution in [0.2, 0.25) is 5.02 Å². The van der Waals surface area contributed by atoms with Crippen molar-refractivity contribution in [3.8, 4) is 11.5 Å². The van der Waals surface area contributed by atoms with Crippen molar-refractivity contribution in [3.05, 3.63) is 61.8 Å². The van der Waals surface area contributed by atoms with Crippen molar-refractivity contribution in [2.75, 3.05) is 14.2 Å². The predicted octanol–water partition coefficient (Wildman–Crippen LogP) is 4.31. The fraction of sp³-hybridized carbons (Fsp3) is 0.111. The van der Waals surface area contributed by atoms with Crippen molar-refractivity contribution in [2.24, 2.45) is 4.99 Å². The molecule has 0 fully saturated rings. The molecule has 0 saturated heterocycles. The maximum absolute atomic E-state index is 12.2. The number of methoxy groups -OCH3 is 2. The molecule has 25 heavy (non-hydrogen) atoms. The molecule has 0 N–H and O–H groups in total. The number of benzene rings is 2. The number of cyclic esters (lactones) is 1. The van der Waals surface area contributed by atoms with Crippen LogP contribution in [0.4, 0.5) is 0 Å². The Morgan fingerprint density at radius 2 is 2.00 bits per heavy atom. The summed E-state index contributed by atoms with van der Waals surface area (Å²) in [5.74, 6) is 0.714. The van der Waals surface area contributed by atoms with Gasteiger partial charge in [0.15, 0.2) is 17.2 Å². The smallest absolute Gasteiger partial charge is 0.363 e. The van der Waals surface area contributed by atoms with Crippen LogP contribution in [0.25, 0.3) is 6.08 Å². The number of carbonyl (C=O) groups excluding carboxylic acids is 1. The summed E-state index contributed by atoms with van der Waals surface area (Å²) in [6, 6.07) is 10.8. The first-order chi connectivity index (χ1) is 12.0. The number of halogens is 2. The third kappa shape index (κ3) is 3.64. The zero-order valence-corrected chi connectivity index (χ0v) is 16.3. The molecule has 0 amide bonds. The zero-order valence-electron chi connectivity index (χ0n) is 13.4. The highest BCUT2D eigenvalue weighted by Gasteiger charge is 2.26. The second-order valence-corrected chi connectivity index (χ2v) is 6.70. The molecule has 2 aromatic carbocycles. The summed E-state index contributed by atoms with van der Waals surface area (Å²) in [5, 5.41) is 0.465. The van der Waals surface area contributed by atoms with Crippen LogP contribution >= 0.6 is 34.2 Å². The SMILES string of the molecule is COc1cccc(C=C2N=C(c3cc(I)ccc3Cl)OC2=O)c1OC. The first-order valence-corrected chi connectivity index (χ1v) is 8.68. The highest BCUT2D eigenvalue weighted by atomic mass is 127. The highest BCUT2D eigenvalue weighted by molar-refractivity contribution is 14.1. The van der Waals surface area contributed by atoms with Crippen molar-refractivity contribution in [1.29, 1.82) is 0 Å². The van der Waals surface area contributed by atoms with E-state index in [0.717, 1.165) is 3.57 Å². The Bertz CT molecular complexity index is 908. The molecule has 3 rings (SSSR count). The van der Waals surface area contributed by atoms with Gasteiger partial charge in [-0.15, -0.1) is 0 Å².